The number of nitrogens with one attached hydrogen (secondary N) is 1. The molecule has 0 aliphatic carbocycles. The van der Waals surface area contributed by atoms with Gasteiger partial charge in [0.15, 0.2) is 5.13 Å². The highest BCUT2D eigenvalue weighted by Crippen LogP contribution is 2.30. The van der Waals surface area contributed by atoms with Crippen LogP contribution in [0.3, 0.4) is 0 Å². The van der Waals surface area contributed by atoms with Gasteiger partial charge >= 0.3 is 0 Å². The molecule has 0 bridgehead atoms. The average molecular weight is 422 g/mol. The Bertz CT molecular complexity index is 1040. The normalized spacial score (nSPS) is 13.9. The van der Waals surface area contributed by atoms with Crippen LogP contribution in [-0.4, -0.2) is 52.9 Å². The molecular weight excluding hydrogens is 398 g/mol. The van der Waals surface area contributed by atoms with E-state index in [0.29, 0.717) is 23.8 Å². The zero-order valence-corrected chi connectivity index (χ0v) is 17.8. The number of hydrogen-bond acceptors (Lipinski definition) is 6. The zero-order chi connectivity index (χ0) is 21.1. The Morgan fingerprint density at radius 1 is 1.03 bits per heavy atom. The van der Waals surface area contributed by atoms with Crippen LogP contribution in [0.15, 0.2) is 48.7 Å². The van der Waals surface area contributed by atoms with Crippen molar-refractivity contribution in [2.24, 2.45) is 0 Å². The number of pyridine rings is 1. The first kappa shape index (κ1) is 20.0. The summed E-state index contributed by atoms with van der Waals surface area (Å²) in [6.07, 6.45) is 1.58. The van der Waals surface area contributed by atoms with Crippen LogP contribution in [0.1, 0.15) is 22.2 Å². The molecule has 0 spiro atoms. The molecule has 1 aliphatic rings. The van der Waals surface area contributed by atoms with Gasteiger partial charge in [-0.3, -0.25) is 14.9 Å². The molecule has 154 valence electrons. The van der Waals surface area contributed by atoms with Crippen LogP contribution in [0.4, 0.5) is 10.9 Å². The van der Waals surface area contributed by atoms with Gasteiger partial charge in [-0.2, -0.15) is 0 Å². The first-order valence-electron chi connectivity index (χ1n) is 9.82. The highest BCUT2D eigenvalue weighted by molar-refractivity contribution is 7.16. The van der Waals surface area contributed by atoms with Gasteiger partial charge in [0, 0.05) is 49.7 Å². The van der Waals surface area contributed by atoms with Crippen molar-refractivity contribution in [3.63, 3.8) is 0 Å². The van der Waals surface area contributed by atoms with Crippen molar-refractivity contribution in [3.05, 3.63) is 59.1 Å². The Morgan fingerprint density at radius 2 is 1.77 bits per heavy atom. The van der Waals surface area contributed by atoms with Gasteiger partial charge in [-0.25, -0.2) is 9.97 Å². The molecule has 30 heavy (non-hydrogen) atoms. The largest absolute Gasteiger partial charge is 0.353 e. The molecule has 2 amide bonds. The third kappa shape index (κ3) is 4.33. The van der Waals surface area contributed by atoms with E-state index in [1.165, 1.54) is 11.3 Å². The predicted octanol–water partition coefficient (Wildman–Crippen LogP) is 3.43. The molecular formula is C22H23N5O2S. The molecule has 8 heteroatoms. The smallest absolute Gasteiger partial charge is 0.259 e. The maximum Gasteiger partial charge on any atom is 0.259 e. The molecule has 1 fully saturated rings. The minimum Gasteiger partial charge on any atom is -0.353 e. The summed E-state index contributed by atoms with van der Waals surface area (Å²) in [5, 5.41) is 3.45. The summed E-state index contributed by atoms with van der Waals surface area (Å²) >= 11 is 1.46. The molecule has 7 nitrogen and oxygen atoms in total. The summed E-state index contributed by atoms with van der Waals surface area (Å²) in [7, 11) is 0. The number of piperazine rings is 1. The number of nitrogens with zero attached hydrogens (tertiary/aromatic N) is 4. The molecule has 0 saturated carbocycles. The number of benzene rings is 1. The van der Waals surface area contributed by atoms with Crippen LogP contribution in [0.5, 0.6) is 0 Å². The van der Waals surface area contributed by atoms with Gasteiger partial charge in [0.25, 0.3) is 5.91 Å². The fourth-order valence-corrected chi connectivity index (χ4v) is 4.27. The van der Waals surface area contributed by atoms with Crippen LogP contribution in [0.2, 0.25) is 0 Å². The lowest BCUT2D eigenvalue weighted by Crippen LogP contribution is -2.48. The number of amides is 2. The van der Waals surface area contributed by atoms with E-state index < -0.39 is 0 Å². The summed E-state index contributed by atoms with van der Waals surface area (Å²) in [5.74, 6) is 0.678. The number of thiazole rings is 1. The molecule has 4 rings (SSSR count). The highest BCUT2D eigenvalue weighted by Gasteiger charge is 2.20. The predicted molar refractivity (Wildman–Crippen MR) is 119 cm³/mol. The Labute approximate surface area is 179 Å². The lowest BCUT2D eigenvalue weighted by atomic mass is 10.1. The molecule has 1 N–H and O–H groups in total. The van der Waals surface area contributed by atoms with Crippen molar-refractivity contribution in [3.8, 4) is 11.3 Å². The second-order valence-corrected chi connectivity index (χ2v) is 8.35. The van der Waals surface area contributed by atoms with Crippen LogP contribution in [-0.2, 0) is 4.79 Å². The minimum absolute atomic E-state index is 0.0995. The quantitative estimate of drug-likeness (QED) is 0.698. The van der Waals surface area contributed by atoms with Gasteiger partial charge in [-0.15, -0.1) is 11.3 Å². The van der Waals surface area contributed by atoms with E-state index in [-0.39, 0.29) is 11.8 Å². The van der Waals surface area contributed by atoms with E-state index in [2.05, 4.69) is 20.2 Å². The molecule has 0 radical (unpaired) electrons. The fourth-order valence-electron chi connectivity index (χ4n) is 3.44. The van der Waals surface area contributed by atoms with Crippen LogP contribution in [0, 0.1) is 6.92 Å². The molecule has 1 saturated heterocycles. The van der Waals surface area contributed by atoms with E-state index in [9.17, 15) is 9.59 Å². The molecule has 1 aliphatic heterocycles. The topological polar surface area (TPSA) is 78.4 Å². The molecule has 0 atom stereocenters. The minimum atomic E-state index is -0.233. The van der Waals surface area contributed by atoms with Gasteiger partial charge in [-0.1, -0.05) is 30.3 Å². The third-order valence-corrected chi connectivity index (χ3v) is 6.01. The summed E-state index contributed by atoms with van der Waals surface area (Å²) in [5.41, 5.74) is 2.40. The summed E-state index contributed by atoms with van der Waals surface area (Å²) in [4.78, 5) is 38.1. The number of rotatable bonds is 4. The Morgan fingerprint density at radius 3 is 2.40 bits per heavy atom. The standard InChI is InChI=1S/C22H23N5O2S/c1-15-20(17-6-4-3-5-7-17)24-22(30-15)25-21(29)18-8-9-19(23-14-18)27-12-10-26(11-13-27)16(2)28/h3-9,14H,10-13H2,1-2H3,(H,24,25,29). The first-order chi connectivity index (χ1) is 14.5. The third-order valence-electron chi connectivity index (χ3n) is 5.12. The number of aryl methyl sites for hydroxylation is 1. The molecule has 1 aromatic carbocycles. The van der Waals surface area contributed by atoms with E-state index >= 15 is 0 Å². The fraction of sp³-hybridized carbons (Fsp3) is 0.273. The van der Waals surface area contributed by atoms with Crippen molar-refractivity contribution in [1.29, 1.82) is 0 Å². The van der Waals surface area contributed by atoms with E-state index in [1.807, 2.05) is 48.2 Å². The maximum absolute atomic E-state index is 12.6. The number of carbonyl (C=O) groups is 2. The Hall–Kier alpha value is -3.26. The highest BCUT2D eigenvalue weighted by atomic mass is 32.1. The van der Waals surface area contributed by atoms with Gasteiger partial charge in [0.05, 0.1) is 11.3 Å². The van der Waals surface area contributed by atoms with Crippen molar-refractivity contribution in [1.82, 2.24) is 14.9 Å². The monoisotopic (exact) mass is 421 g/mol. The van der Waals surface area contributed by atoms with Crippen LogP contribution in [0.25, 0.3) is 11.3 Å². The van der Waals surface area contributed by atoms with Crippen LogP contribution < -0.4 is 10.2 Å². The lowest BCUT2D eigenvalue weighted by Gasteiger charge is -2.34. The number of hydrogen-bond donors (Lipinski definition) is 1. The Kier molecular flexibility index (Phi) is 5.76. The Balaban J connectivity index is 1.41. The van der Waals surface area contributed by atoms with E-state index in [1.54, 1.807) is 19.2 Å². The van der Waals surface area contributed by atoms with Crippen molar-refractivity contribution < 1.29 is 9.59 Å². The summed E-state index contributed by atoms with van der Waals surface area (Å²) in [6.45, 7) is 6.43. The van der Waals surface area contributed by atoms with Gasteiger partial charge < -0.3 is 9.80 Å². The SMILES string of the molecule is CC(=O)N1CCN(c2ccc(C(=O)Nc3nc(-c4ccccc4)c(C)s3)cn2)CC1. The lowest BCUT2D eigenvalue weighted by molar-refractivity contribution is -0.129. The van der Waals surface area contributed by atoms with Gasteiger partial charge in [-0.05, 0) is 19.1 Å². The summed E-state index contributed by atoms with van der Waals surface area (Å²) in [6, 6.07) is 13.5. The first-order valence-corrected chi connectivity index (χ1v) is 10.6. The van der Waals surface area contributed by atoms with Crippen molar-refractivity contribution in [2.45, 2.75) is 13.8 Å². The number of aromatic nitrogens is 2. The molecule has 2 aromatic heterocycles. The van der Waals surface area contributed by atoms with Crippen LogP contribution >= 0.6 is 11.3 Å². The van der Waals surface area contributed by atoms with Crippen molar-refractivity contribution >= 4 is 34.1 Å². The van der Waals surface area contributed by atoms with E-state index in [0.717, 1.165) is 35.0 Å². The molecule has 0 unspecified atom stereocenters. The zero-order valence-electron chi connectivity index (χ0n) is 17.0. The number of anilines is 2. The molecule has 3 heterocycles. The summed E-state index contributed by atoms with van der Waals surface area (Å²) < 4.78 is 0. The average Bonchev–Trinajstić information content (AvgIpc) is 3.14. The molecule has 3 aromatic rings. The van der Waals surface area contributed by atoms with Gasteiger partial charge in [0.1, 0.15) is 5.82 Å². The van der Waals surface area contributed by atoms with Gasteiger partial charge in [0.2, 0.25) is 5.91 Å². The second-order valence-electron chi connectivity index (χ2n) is 7.14. The maximum atomic E-state index is 12.6. The second kappa shape index (κ2) is 8.62. The number of carbonyl (C=O) groups excluding carboxylic acids is 2. The van der Waals surface area contributed by atoms with E-state index in [4.69, 9.17) is 0 Å². The van der Waals surface area contributed by atoms with Crippen molar-refractivity contribution in [2.75, 3.05) is 36.4 Å².